The van der Waals surface area contributed by atoms with Gasteiger partial charge in [0.05, 0.1) is 12.1 Å². The lowest BCUT2D eigenvalue weighted by Gasteiger charge is -2.36. The Morgan fingerprint density at radius 3 is 2.37 bits per heavy atom. The first-order valence-electron chi connectivity index (χ1n) is 9.92. The van der Waals surface area contributed by atoms with Crippen molar-refractivity contribution in [3.05, 3.63) is 58.6 Å². The maximum absolute atomic E-state index is 12.5. The topological polar surface area (TPSA) is 92.9 Å². The van der Waals surface area contributed by atoms with Crippen LogP contribution >= 0.6 is 11.6 Å². The predicted octanol–water partition coefficient (Wildman–Crippen LogP) is 4.58. The Morgan fingerprint density at radius 1 is 1.23 bits per heavy atom. The van der Waals surface area contributed by atoms with Gasteiger partial charge in [-0.25, -0.2) is 0 Å². The number of nitrogens with zero attached hydrogens (tertiary/aromatic N) is 1. The van der Waals surface area contributed by atoms with Crippen molar-refractivity contribution in [3.8, 4) is 5.75 Å². The predicted molar refractivity (Wildman–Crippen MR) is 119 cm³/mol. The van der Waals surface area contributed by atoms with Crippen molar-refractivity contribution in [1.82, 2.24) is 0 Å². The van der Waals surface area contributed by atoms with E-state index in [0.717, 1.165) is 5.56 Å². The fourth-order valence-electron chi connectivity index (χ4n) is 3.13. The third kappa shape index (κ3) is 5.97. The van der Waals surface area contributed by atoms with Crippen LogP contribution in [0.3, 0.4) is 0 Å². The number of benzene rings is 2. The molecule has 1 heterocycles. The fraction of sp³-hybridized carbons (Fsp3) is 0.391. The molecule has 0 saturated heterocycles. The Labute approximate surface area is 182 Å². The SMILES string of the molecule is C[C@@H](N)c1ccccc1.Cc1cc(Cl)cc2c1O[C@H](C(C)C)C(=O)N2CCC(=O)O. The number of amides is 1. The molecule has 0 aliphatic carbocycles. The van der Waals surface area contributed by atoms with Crippen LogP contribution in [0, 0.1) is 12.8 Å². The lowest BCUT2D eigenvalue weighted by atomic mass is 10.0. The molecule has 3 rings (SSSR count). The van der Waals surface area contributed by atoms with Crippen LogP contribution in [0.5, 0.6) is 5.75 Å². The van der Waals surface area contributed by atoms with Crippen LogP contribution in [0.4, 0.5) is 5.69 Å². The van der Waals surface area contributed by atoms with Crippen molar-refractivity contribution in [2.24, 2.45) is 11.7 Å². The Morgan fingerprint density at radius 2 is 1.87 bits per heavy atom. The molecular formula is C23H29ClN2O4. The minimum absolute atomic E-state index is 0.00643. The van der Waals surface area contributed by atoms with Crippen molar-refractivity contribution < 1.29 is 19.4 Å². The summed E-state index contributed by atoms with van der Waals surface area (Å²) in [5.41, 5.74) is 8.18. The van der Waals surface area contributed by atoms with E-state index in [1.54, 1.807) is 12.1 Å². The molecule has 0 saturated carbocycles. The summed E-state index contributed by atoms with van der Waals surface area (Å²) in [4.78, 5) is 24.8. The second-order valence-electron chi connectivity index (χ2n) is 7.69. The maximum atomic E-state index is 12.5. The van der Waals surface area contributed by atoms with Gasteiger partial charge in [-0.2, -0.15) is 0 Å². The molecule has 1 amide bonds. The van der Waals surface area contributed by atoms with Crippen LogP contribution < -0.4 is 15.4 Å². The number of ether oxygens (including phenoxy) is 1. The summed E-state index contributed by atoms with van der Waals surface area (Å²) >= 11 is 6.05. The van der Waals surface area contributed by atoms with E-state index in [2.05, 4.69) is 0 Å². The Balaban J connectivity index is 0.000000297. The van der Waals surface area contributed by atoms with Crippen LogP contribution in [0.15, 0.2) is 42.5 Å². The van der Waals surface area contributed by atoms with Crippen LogP contribution in [0.2, 0.25) is 5.02 Å². The summed E-state index contributed by atoms with van der Waals surface area (Å²) in [5.74, 6) is -0.577. The molecule has 0 fully saturated rings. The molecule has 2 aromatic rings. The van der Waals surface area contributed by atoms with E-state index in [0.29, 0.717) is 16.5 Å². The molecule has 0 unspecified atom stereocenters. The van der Waals surface area contributed by atoms with Crippen molar-refractivity contribution in [1.29, 1.82) is 0 Å². The lowest BCUT2D eigenvalue weighted by molar-refractivity contribution is -0.136. The molecule has 0 radical (unpaired) electrons. The number of hydrogen-bond donors (Lipinski definition) is 2. The van der Waals surface area contributed by atoms with Gasteiger partial charge in [-0.15, -0.1) is 0 Å². The van der Waals surface area contributed by atoms with Crippen molar-refractivity contribution in [2.45, 2.75) is 46.3 Å². The first kappa shape index (κ1) is 23.7. The second kappa shape index (κ2) is 10.5. The van der Waals surface area contributed by atoms with E-state index in [1.807, 2.05) is 58.0 Å². The number of halogens is 1. The number of nitrogens with two attached hydrogens (primary N) is 1. The minimum Gasteiger partial charge on any atom is -0.481 e. The van der Waals surface area contributed by atoms with Gasteiger partial charge in [-0.1, -0.05) is 55.8 Å². The number of rotatable bonds is 5. The highest BCUT2D eigenvalue weighted by atomic mass is 35.5. The van der Waals surface area contributed by atoms with E-state index < -0.39 is 12.1 Å². The summed E-state index contributed by atoms with van der Waals surface area (Å²) in [7, 11) is 0. The first-order valence-corrected chi connectivity index (χ1v) is 10.3. The third-order valence-electron chi connectivity index (χ3n) is 4.74. The van der Waals surface area contributed by atoms with Crippen LogP contribution in [0.1, 0.15) is 44.4 Å². The highest BCUT2D eigenvalue weighted by molar-refractivity contribution is 6.31. The Hall–Kier alpha value is -2.57. The van der Waals surface area contributed by atoms with Crippen molar-refractivity contribution in [2.75, 3.05) is 11.4 Å². The van der Waals surface area contributed by atoms with Gasteiger partial charge in [0.25, 0.3) is 5.91 Å². The number of anilines is 1. The van der Waals surface area contributed by atoms with Gasteiger partial charge < -0.3 is 20.5 Å². The Kier molecular flexibility index (Phi) is 8.26. The smallest absolute Gasteiger partial charge is 0.305 e. The summed E-state index contributed by atoms with van der Waals surface area (Å²) in [6, 6.07) is 13.6. The number of aryl methyl sites for hydroxylation is 1. The summed E-state index contributed by atoms with van der Waals surface area (Å²) in [6.45, 7) is 7.73. The zero-order chi connectivity index (χ0) is 22.4. The first-order chi connectivity index (χ1) is 14.1. The van der Waals surface area contributed by atoms with Crippen molar-refractivity contribution >= 4 is 29.2 Å². The molecule has 0 spiro atoms. The molecule has 0 aromatic heterocycles. The number of hydrogen-bond acceptors (Lipinski definition) is 4. The van der Waals surface area contributed by atoms with E-state index in [9.17, 15) is 9.59 Å². The van der Waals surface area contributed by atoms with Gasteiger partial charge in [-0.3, -0.25) is 9.59 Å². The molecule has 2 aromatic carbocycles. The van der Waals surface area contributed by atoms with Gasteiger partial charge in [-0.05, 0) is 43.0 Å². The molecule has 162 valence electrons. The molecule has 1 aliphatic heterocycles. The number of carbonyl (C=O) groups is 2. The highest BCUT2D eigenvalue weighted by Gasteiger charge is 2.37. The number of aliphatic carboxylic acids is 1. The number of carbonyl (C=O) groups excluding carboxylic acids is 1. The number of carboxylic acid groups (broad SMARTS) is 1. The lowest BCUT2D eigenvalue weighted by Crippen LogP contribution is -2.49. The van der Waals surface area contributed by atoms with Gasteiger partial charge in [0, 0.05) is 17.6 Å². The minimum atomic E-state index is -0.948. The van der Waals surface area contributed by atoms with Crippen molar-refractivity contribution in [3.63, 3.8) is 0 Å². The Bertz CT molecular complexity index is 884. The molecule has 1 aliphatic rings. The largest absolute Gasteiger partial charge is 0.481 e. The molecule has 6 nitrogen and oxygen atoms in total. The number of fused-ring (bicyclic) bond motifs is 1. The zero-order valence-electron chi connectivity index (χ0n) is 17.8. The molecule has 7 heteroatoms. The molecular weight excluding hydrogens is 404 g/mol. The van der Waals surface area contributed by atoms with Gasteiger partial charge in [0.1, 0.15) is 5.75 Å². The standard InChI is InChI=1S/C15H18ClNO4.C8H11N/c1-8(2)13-15(20)17(5-4-12(18)19)11-7-10(16)6-9(3)14(11)21-13;1-7(9)8-5-3-2-4-6-8/h6-8,13H,4-5H2,1-3H3,(H,18,19);2-7H,9H2,1H3/t13-;7-/m11/s1. The average molecular weight is 433 g/mol. The third-order valence-corrected chi connectivity index (χ3v) is 4.96. The van der Waals surface area contributed by atoms with E-state index in [4.69, 9.17) is 27.2 Å². The quantitative estimate of drug-likeness (QED) is 0.721. The van der Waals surface area contributed by atoms with Gasteiger partial charge in [0.2, 0.25) is 0 Å². The summed E-state index contributed by atoms with van der Waals surface area (Å²) in [5, 5.41) is 9.36. The zero-order valence-corrected chi connectivity index (χ0v) is 18.5. The fourth-order valence-corrected chi connectivity index (χ4v) is 3.40. The van der Waals surface area contributed by atoms with Crippen LogP contribution in [0.25, 0.3) is 0 Å². The van der Waals surface area contributed by atoms with E-state index in [1.165, 1.54) is 10.5 Å². The average Bonchev–Trinajstić information content (AvgIpc) is 2.67. The second-order valence-corrected chi connectivity index (χ2v) is 8.12. The highest BCUT2D eigenvalue weighted by Crippen LogP contribution is 2.40. The molecule has 2 atom stereocenters. The monoisotopic (exact) mass is 432 g/mol. The van der Waals surface area contributed by atoms with Gasteiger partial charge >= 0.3 is 5.97 Å². The molecule has 0 bridgehead atoms. The normalized spacial score (nSPS) is 16.3. The van der Waals surface area contributed by atoms with Gasteiger partial charge in [0.15, 0.2) is 6.10 Å². The number of carboxylic acids is 1. The van der Waals surface area contributed by atoms with Crippen LogP contribution in [-0.4, -0.2) is 29.6 Å². The molecule has 3 N–H and O–H groups in total. The molecule has 30 heavy (non-hydrogen) atoms. The summed E-state index contributed by atoms with van der Waals surface area (Å²) in [6.07, 6.45) is -0.729. The van der Waals surface area contributed by atoms with E-state index in [-0.39, 0.29) is 30.8 Å². The summed E-state index contributed by atoms with van der Waals surface area (Å²) < 4.78 is 5.83. The van der Waals surface area contributed by atoms with Crippen LogP contribution in [-0.2, 0) is 9.59 Å². The maximum Gasteiger partial charge on any atom is 0.305 e. The van der Waals surface area contributed by atoms with E-state index >= 15 is 0 Å².